The number of halogens is 1. The number of nitrogens with one attached hydrogen (secondary N) is 1. The Bertz CT molecular complexity index is 622. The predicted molar refractivity (Wildman–Crippen MR) is 81.8 cm³/mol. The molecule has 0 heterocycles. The average molecular weight is 285 g/mol. The Morgan fingerprint density at radius 2 is 1.86 bits per heavy atom. The molecule has 1 saturated carbocycles. The van der Waals surface area contributed by atoms with Crippen molar-refractivity contribution >= 4 is 0 Å². The highest BCUT2D eigenvalue weighted by Gasteiger charge is 2.20. The van der Waals surface area contributed by atoms with E-state index in [2.05, 4.69) is 11.4 Å². The molecule has 2 nitrogen and oxygen atoms in total. The van der Waals surface area contributed by atoms with E-state index in [1.165, 1.54) is 18.9 Å². The molecule has 0 saturated heterocycles. The van der Waals surface area contributed by atoms with Gasteiger partial charge in [0.05, 0.1) is 0 Å². The van der Waals surface area contributed by atoms with Gasteiger partial charge in [-0.3, -0.25) is 0 Å². The molecule has 1 N–H and O–H groups in total. The molecular weight excluding hydrogens is 265 g/mol. The lowest BCUT2D eigenvalue weighted by Gasteiger charge is -2.15. The number of para-hydroxylation sites is 1. The molecule has 3 rings (SSSR count). The van der Waals surface area contributed by atoms with Crippen LogP contribution >= 0.6 is 0 Å². The molecule has 2 aromatic carbocycles. The van der Waals surface area contributed by atoms with Crippen LogP contribution in [0.5, 0.6) is 5.75 Å². The summed E-state index contributed by atoms with van der Waals surface area (Å²) in [4.78, 5) is 0. The average Bonchev–Trinajstić information content (AvgIpc) is 3.30. The summed E-state index contributed by atoms with van der Waals surface area (Å²) in [5.74, 6) is 0.651. The van der Waals surface area contributed by atoms with Gasteiger partial charge in [0.25, 0.3) is 0 Å². The Morgan fingerprint density at radius 3 is 2.62 bits per heavy atom. The van der Waals surface area contributed by atoms with Crippen LogP contribution in [0, 0.1) is 12.7 Å². The van der Waals surface area contributed by atoms with E-state index < -0.39 is 0 Å². The number of rotatable bonds is 6. The van der Waals surface area contributed by atoms with Crippen molar-refractivity contribution in [1.29, 1.82) is 0 Å². The molecule has 1 fully saturated rings. The van der Waals surface area contributed by atoms with Gasteiger partial charge in [-0.2, -0.15) is 0 Å². The zero-order chi connectivity index (χ0) is 14.7. The minimum absolute atomic E-state index is 0.219. The molecule has 0 atom stereocenters. The number of hydrogen-bond acceptors (Lipinski definition) is 2. The maximum Gasteiger partial charge on any atom is 0.129 e. The Hall–Kier alpha value is -1.87. The molecule has 2 aromatic rings. The van der Waals surface area contributed by atoms with Crippen molar-refractivity contribution in [1.82, 2.24) is 5.32 Å². The zero-order valence-corrected chi connectivity index (χ0v) is 12.2. The van der Waals surface area contributed by atoms with E-state index in [-0.39, 0.29) is 12.4 Å². The third kappa shape index (κ3) is 3.61. The highest BCUT2D eigenvalue weighted by molar-refractivity contribution is 5.41. The molecule has 0 amide bonds. The van der Waals surface area contributed by atoms with Crippen molar-refractivity contribution in [3.8, 4) is 5.75 Å². The van der Waals surface area contributed by atoms with E-state index in [1.807, 2.05) is 25.1 Å². The Balaban J connectivity index is 1.72. The molecule has 21 heavy (non-hydrogen) atoms. The fourth-order valence-corrected chi connectivity index (χ4v) is 2.37. The molecule has 1 aliphatic carbocycles. The topological polar surface area (TPSA) is 21.3 Å². The summed E-state index contributed by atoms with van der Waals surface area (Å²) in [6.45, 7) is 3.09. The van der Waals surface area contributed by atoms with Gasteiger partial charge in [0.15, 0.2) is 0 Å². The summed E-state index contributed by atoms with van der Waals surface area (Å²) in [5.41, 5.74) is 2.81. The molecule has 0 aliphatic heterocycles. The first-order valence-corrected chi connectivity index (χ1v) is 7.42. The summed E-state index contributed by atoms with van der Waals surface area (Å²) in [6, 6.07) is 13.5. The van der Waals surface area contributed by atoms with Gasteiger partial charge in [-0.1, -0.05) is 36.4 Å². The summed E-state index contributed by atoms with van der Waals surface area (Å²) in [5, 5.41) is 3.50. The van der Waals surface area contributed by atoms with Gasteiger partial charge in [-0.05, 0) is 31.4 Å². The molecule has 1 aliphatic rings. The molecule has 0 radical (unpaired) electrons. The second-order valence-electron chi connectivity index (χ2n) is 5.60. The van der Waals surface area contributed by atoms with E-state index in [4.69, 9.17) is 4.74 Å². The first-order chi connectivity index (χ1) is 10.2. The van der Waals surface area contributed by atoms with E-state index in [0.717, 1.165) is 23.4 Å². The lowest BCUT2D eigenvalue weighted by Crippen LogP contribution is -2.16. The van der Waals surface area contributed by atoms with Crippen LogP contribution in [0.25, 0.3) is 0 Å². The first-order valence-electron chi connectivity index (χ1n) is 7.42. The SMILES string of the molecule is Cc1cccc(CNC2CC2)c1OCc1ccccc1F. The molecule has 0 bridgehead atoms. The zero-order valence-electron chi connectivity index (χ0n) is 12.2. The summed E-state index contributed by atoms with van der Waals surface area (Å²) in [7, 11) is 0. The quantitative estimate of drug-likeness (QED) is 0.867. The van der Waals surface area contributed by atoms with Crippen molar-refractivity contribution in [2.45, 2.75) is 39.0 Å². The fraction of sp³-hybridized carbons (Fsp3) is 0.333. The molecule has 0 aromatic heterocycles. The molecule has 110 valence electrons. The number of aryl methyl sites for hydroxylation is 1. The third-order valence-corrected chi connectivity index (χ3v) is 3.78. The van der Waals surface area contributed by atoms with E-state index in [1.54, 1.807) is 12.1 Å². The van der Waals surface area contributed by atoms with Crippen molar-refractivity contribution in [2.24, 2.45) is 0 Å². The van der Waals surface area contributed by atoms with Gasteiger partial charge in [0.1, 0.15) is 18.2 Å². The van der Waals surface area contributed by atoms with Crippen LogP contribution in [-0.4, -0.2) is 6.04 Å². The lowest BCUT2D eigenvalue weighted by molar-refractivity contribution is 0.294. The van der Waals surface area contributed by atoms with Crippen molar-refractivity contribution in [3.63, 3.8) is 0 Å². The Kier molecular flexibility index (Phi) is 4.20. The van der Waals surface area contributed by atoms with Crippen LogP contribution < -0.4 is 10.1 Å². The van der Waals surface area contributed by atoms with Crippen molar-refractivity contribution in [3.05, 3.63) is 65.0 Å². The second kappa shape index (κ2) is 6.27. The van der Waals surface area contributed by atoms with Crippen LogP contribution in [0.3, 0.4) is 0 Å². The largest absolute Gasteiger partial charge is 0.488 e. The normalized spacial score (nSPS) is 14.2. The highest BCUT2D eigenvalue weighted by atomic mass is 19.1. The van der Waals surface area contributed by atoms with Gasteiger partial charge < -0.3 is 10.1 Å². The van der Waals surface area contributed by atoms with Crippen LogP contribution in [0.15, 0.2) is 42.5 Å². The van der Waals surface area contributed by atoms with Crippen LogP contribution in [-0.2, 0) is 13.2 Å². The van der Waals surface area contributed by atoms with Crippen LogP contribution in [0.1, 0.15) is 29.5 Å². The van der Waals surface area contributed by atoms with E-state index in [9.17, 15) is 4.39 Å². The number of hydrogen-bond donors (Lipinski definition) is 1. The standard InChI is InChI=1S/C18H20FNO/c1-13-5-4-7-14(11-20-16-9-10-16)18(13)21-12-15-6-2-3-8-17(15)19/h2-8,16,20H,9-12H2,1H3. The fourth-order valence-electron chi connectivity index (χ4n) is 2.37. The summed E-state index contributed by atoms with van der Waals surface area (Å²) < 4.78 is 19.6. The smallest absolute Gasteiger partial charge is 0.129 e. The molecule has 3 heteroatoms. The molecular formula is C18H20FNO. The van der Waals surface area contributed by atoms with Gasteiger partial charge in [-0.25, -0.2) is 4.39 Å². The highest BCUT2D eigenvalue weighted by Crippen LogP contribution is 2.26. The van der Waals surface area contributed by atoms with Gasteiger partial charge in [0.2, 0.25) is 0 Å². The summed E-state index contributed by atoms with van der Waals surface area (Å²) >= 11 is 0. The minimum Gasteiger partial charge on any atom is -0.488 e. The minimum atomic E-state index is -0.219. The number of benzene rings is 2. The maximum absolute atomic E-state index is 13.7. The lowest BCUT2D eigenvalue weighted by atomic mass is 10.1. The predicted octanol–water partition coefficient (Wildman–Crippen LogP) is 3.97. The maximum atomic E-state index is 13.7. The second-order valence-corrected chi connectivity index (χ2v) is 5.60. The van der Waals surface area contributed by atoms with Crippen LogP contribution in [0.4, 0.5) is 4.39 Å². The van der Waals surface area contributed by atoms with Gasteiger partial charge in [0, 0.05) is 23.7 Å². The first kappa shape index (κ1) is 14.1. The molecule has 0 unspecified atom stereocenters. The van der Waals surface area contributed by atoms with Gasteiger partial charge >= 0.3 is 0 Å². The van der Waals surface area contributed by atoms with E-state index >= 15 is 0 Å². The summed E-state index contributed by atoms with van der Waals surface area (Å²) in [6.07, 6.45) is 2.52. The number of ether oxygens (including phenoxy) is 1. The Labute approximate surface area is 125 Å². The van der Waals surface area contributed by atoms with E-state index in [0.29, 0.717) is 11.6 Å². The molecule has 0 spiro atoms. The third-order valence-electron chi connectivity index (χ3n) is 3.78. The van der Waals surface area contributed by atoms with Gasteiger partial charge in [-0.15, -0.1) is 0 Å². The van der Waals surface area contributed by atoms with Crippen molar-refractivity contribution in [2.75, 3.05) is 0 Å². The monoisotopic (exact) mass is 285 g/mol. The van der Waals surface area contributed by atoms with Crippen LogP contribution in [0.2, 0.25) is 0 Å². The van der Waals surface area contributed by atoms with Crippen molar-refractivity contribution < 1.29 is 9.13 Å². The Morgan fingerprint density at radius 1 is 1.10 bits per heavy atom.